The predicted octanol–water partition coefficient (Wildman–Crippen LogP) is 4.49. The molecule has 33 heavy (non-hydrogen) atoms. The van der Waals surface area contributed by atoms with Crippen LogP contribution in [0.2, 0.25) is 0 Å². The first-order valence-electron chi connectivity index (χ1n) is 11.6. The number of aromatic nitrogens is 3. The van der Waals surface area contributed by atoms with Crippen LogP contribution in [0.3, 0.4) is 0 Å². The fourth-order valence-electron chi connectivity index (χ4n) is 4.11. The molecule has 168 valence electrons. The number of pyridine rings is 1. The number of nitrogens with zero attached hydrogens (tertiary/aromatic N) is 4. The summed E-state index contributed by atoms with van der Waals surface area (Å²) in [7, 11) is 0. The van der Waals surface area contributed by atoms with Gasteiger partial charge in [0.25, 0.3) is 5.56 Å². The minimum atomic E-state index is -0.0321. The van der Waals surface area contributed by atoms with Crippen LogP contribution in [-0.2, 0) is 13.0 Å². The van der Waals surface area contributed by atoms with Crippen LogP contribution in [0.25, 0.3) is 16.5 Å². The SMILES string of the molecule is CCc1cc2cccc(C#Cc3cnn(CCN(CC)CC)c3)c2c(=O)n1-c1ccccc1. The van der Waals surface area contributed by atoms with Gasteiger partial charge in [-0.1, -0.05) is 62.9 Å². The van der Waals surface area contributed by atoms with E-state index in [9.17, 15) is 4.79 Å². The van der Waals surface area contributed by atoms with Crippen molar-refractivity contribution in [3.63, 3.8) is 0 Å². The average Bonchev–Trinajstić information content (AvgIpc) is 3.31. The number of benzene rings is 2. The standard InChI is InChI=1S/C28H30N4O/c1-4-25-19-24-12-10-11-23(27(24)28(33)32(25)26-13-8-7-9-14-26)16-15-22-20-29-31(21-22)18-17-30(5-2)6-3/h7-14,19-21H,4-6,17-18H2,1-3H3. The van der Waals surface area contributed by atoms with Crippen molar-refractivity contribution in [1.82, 2.24) is 19.2 Å². The Morgan fingerprint density at radius 2 is 1.76 bits per heavy atom. The average molecular weight is 439 g/mol. The lowest BCUT2D eigenvalue weighted by molar-refractivity contribution is 0.285. The van der Waals surface area contributed by atoms with E-state index < -0.39 is 0 Å². The molecule has 5 heteroatoms. The second-order valence-electron chi connectivity index (χ2n) is 8.00. The van der Waals surface area contributed by atoms with Gasteiger partial charge in [0.05, 0.1) is 23.7 Å². The molecular formula is C28H30N4O. The van der Waals surface area contributed by atoms with E-state index in [0.717, 1.165) is 60.5 Å². The molecule has 0 atom stereocenters. The maximum atomic E-state index is 13.6. The zero-order valence-corrected chi connectivity index (χ0v) is 19.6. The highest BCUT2D eigenvalue weighted by Gasteiger charge is 2.12. The maximum absolute atomic E-state index is 13.6. The lowest BCUT2D eigenvalue weighted by Crippen LogP contribution is -2.27. The summed E-state index contributed by atoms with van der Waals surface area (Å²) in [5, 5.41) is 6.02. The third-order valence-corrected chi connectivity index (χ3v) is 6.01. The predicted molar refractivity (Wildman–Crippen MR) is 135 cm³/mol. The zero-order valence-electron chi connectivity index (χ0n) is 19.6. The molecule has 0 saturated heterocycles. The number of hydrogen-bond acceptors (Lipinski definition) is 3. The lowest BCUT2D eigenvalue weighted by atomic mass is 10.0. The van der Waals surface area contributed by atoms with Crippen LogP contribution in [0.1, 0.15) is 37.6 Å². The molecule has 2 heterocycles. The summed E-state index contributed by atoms with van der Waals surface area (Å²) in [5.74, 6) is 6.44. The van der Waals surface area contributed by atoms with E-state index in [2.05, 4.69) is 48.7 Å². The molecule has 4 rings (SSSR count). The second-order valence-corrected chi connectivity index (χ2v) is 8.00. The molecule has 0 fully saturated rings. The third-order valence-electron chi connectivity index (χ3n) is 6.01. The van der Waals surface area contributed by atoms with E-state index in [1.54, 1.807) is 10.8 Å². The van der Waals surface area contributed by atoms with E-state index in [-0.39, 0.29) is 5.56 Å². The van der Waals surface area contributed by atoms with Crippen LogP contribution < -0.4 is 5.56 Å². The van der Waals surface area contributed by atoms with Gasteiger partial charge in [-0.05, 0) is 49.2 Å². The molecule has 0 aliphatic carbocycles. The van der Waals surface area contributed by atoms with Gasteiger partial charge in [0.1, 0.15) is 0 Å². The van der Waals surface area contributed by atoms with Gasteiger partial charge >= 0.3 is 0 Å². The Bertz CT molecular complexity index is 1350. The van der Waals surface area contributed by atoms with E-state index in [4.69, 9.17) is 0 Å². The van der Waals surface area contributed by atoms with Crippen molar-refractivity contribution < 1.29 is 0 Å². The summed E-state index contributed by atoms with van der Waals surface area (Å²) in [6.07, 6.45) is 4.53. The van der Waals surface area contributed by atoms with Crippen LogP contribution in [0.4, 0.5) is 0 Å². The summed E-state index contributed by atoms with van der Waals surface area (Å²) in [6.45, 7) is 10.3. The molecular weight excluding hydrogens is 408 g/mol. The van der Waals surface area contributed by atoms with Crippen molar-refractivity contribution in [3.8, 4) is 17.5 Å². The van der Waals surface area contributed by atoms with Crippen LogP contribution in [0, 0.1) is 11.8 Å². The topological polar surface area (TPSA) is 43.1 Å². The number of aryl methyl sites for hydroxylation is 1. The van der Waals surface area contributed by atoms with Crippen molar-refractivity contribution >= 4 is 10.8 Å². The van der Waals surface area contributed by atoms with Crippen LogP contribution in [0.15, 0.2) is 71.8 Å². The molecule has 5 nitrogen and oxygen atoms in total. The minimum Gasteiger partial charge on any atom is -0.302 e. The van der Waals surface area contributed by atoms with Crippen molar-refractivity contribution in [1.29, 1.82) is 0 Å². The number of para-hydroxylation sites is 1. The second kappa shape index (κ2) is 10.3. The molecule has 0 spiro atoms. The highest BCUT2D eigenvalue weighted by atomic mass is 16.1. The summed E-state index contributed by atoms with van der Waals surface area (Å²) in [6, 6.07) is 17.8. The Morgan fingerprint density at radius 1 is 0.970 bits per heavy atom. The monoisotopic (exact) mass is 438 g/mol. The van der Waals surface area contributed by atoms with Crippen LogP contribution in [0.5, 0.6) is 0 Å². The van der Waals surface area contributed by atoms with Crippen molar-refractivity contribution in [2.75, 3.05) is 19.6 Å². The molecule has 0 unspecified atom stereocenters. The lowest BCUT2D eigenvalue weighted by Gasteiger charge is -2.17. The normalized spacial score (nSPS) is 11.0. The summed E-state index contributed by atoms with van der Waals surface area (Å²) < 4.78 is 3.74. The molecule has 0 aliphatic rings. The Balaban J connectivity index is 1.71. The molecule has 0 bridgehead atoms. The van der Waals surface area contributed by atoms with E-state index in [1.807, 2.05) is 59.4 Å². The number of hydrogen-bond donors (Lipinski definition) is 0. The van der Waals surface area contributed by atoms with Gasteiger partial charge in [-0.15, -0.1) is 0 Å². The van der Waals surface area contributed by atoms with E-state index in [1.165, 1.54) is 0 Å². The Hall–Kier alpha value is -3.62. The summed E-state index contributed by atoms with van der Waals surface area (Å²) >= 11 is 0. The highest BCUT2D eigenvalue weighted by molar-refractivity contribution is 5.88. The zero-order chi connectivity index (χ0) is 23.2. The van der Waals surface area contributed by atoms with Gasteiger partial charge in [0, 0.05) is 29.7 Å². The smallest absolute Gasteiger partial charge is 0.264 e. The fourth-order valence-corrected chi connectivity index (χ4v) is 4.11. The molecule has 4 aromatic rings. The van der Waals surface area contributed by atoms with Gasteiger partial charge in [0.15, 0.2) is 0 Å². The maximum Gasteiger partial charge on any atom is 0.264 e. The fraction of sp³-hybridized carbons (Fsp3) is 0.286. The quantitative estimate of drug-likeness (QED) is 0.399. The van der Waals surface area contributed by atoms with Crippen LogP contribution >= 0.6 is 0 Å². The van der Waals surface area contributed by atoms with Crippen molar-refractivity contribution in [2.45, 2.75) is 33.7 Å². The largest absolute Gasteiger partial charge is 0.302 e. The molecule has 0 saturated carbocycles. The van der Waals surface area contributed by atoms with Gasteiger partial charge in [-0.3, -0.25) is 14.0 Å². The summed E-state index contributed by atoms with van der Waals surface area (Å²) in [5.41, 5.74) is 3.41. The Kier molecular flexibility index (Phi) is 7.07. The van der Waals surface area contributed by atoms with Gasteiger partial charge in [-0.2, -0.15) is 5.10 Å². The third kappa shape index (κ3) is 4.92. The minimum absolute atomic E-state index is 0.0321. The van der Waals surface area contributed by atoms with Crippen molar-refractivity contribution in [3.05, 3.63) is 94.2 Å². The Morgan fingerprint density at radius 3 is 2.48 bits per heavy atom. The molecule has 0 radical (unpaired) electrons. The first-order chi connectivity index (χ1) is 16.1. The molecule has 0 amide bonds. The summed E-state index contributed by atoms with van der Waals surface area (Å²) in [4.78, 5) is 16.0. The highest BCUT2D eigenvalue weighted by Crippen LogP contribution is 2.19. The number of fused-ring (bicyclic) bond motifs is 1. The van der Waals surface area contributed by atoms with Crippen molar-refractivity contribution in [2.24, 2.45) is 0 Å². The number of likely N-dealkylation sites (N-methyl/N-ethyl adjacent to an activating group) is 1. The molecule has 0 aliphatic heterocycles. The molecule has 0 N–H and O–H groups in total. The first-order valence-corrected chi connectivity index (χ1v) is 11.6. The molecule has 2 aromatic carbocycles. The van der Waals surface area contributed by atoms with Gasteiger partial charge in [0.2, 0.25) is 0 Å². The van der Waals surface area contributed by atoms with E-state index in [0.29, 0.717) is 5.39 Å². The van der Waals surface area contributed by atoms with E-state index >= 15 is 0 Å². The molecule has 2 aromatic heterocycles. The number of rotatable bonds is 7. The Labute approximate surface area is 195 Å². The van der Waals surface area contributed by atoms with Crippen LogP contribution in [-0.4, -0.2) is 38.9 Å². The van der Waals surface area contributed by atoms with Gasteiger partial charge < -0.3 is 4.90 Å². The first kappa shape index (κ1) is 22.6. The van der Waals surface area contributed by atoms with Gasteiger partial charge in [-0.25, -0.2) is 0 Å².